The number of alkyl halides is 1. The summed E-state index contributed by atoms with van der Waals surface area (Å²) in [6.45, 7) is 0. The fourth-order valence-corrected chi connectivity index (χ4v) is 3.09. The molecule has 0 spiro atoms. The van der Waals surface area contributed by atoms with E-state index < -0.39 is 23.1 Å². The number of hydrogen-bond donors (Lipinski definition) is 1. The number of nitrogens with one attached hydrogen (secondary N) is 1. The first-order valence-corrected chi connectivity index (χ1v) is 6.53. The van der Waals surface area contributed by atoms with Crippen molar-refractivity contribution in [1.82, 2.24) is 14.1 Å². The van der Waals surface area contributed by atoms with Crippen LogP contribution in [0.1, 0.15) is 11.5 Å². The second-order valence-corrected chi connectivity index (χ2v) is 5.23. The van der Waals surface area contributed by atoms with Crippen molar-refractivity contribution >= 4 is 57.8 Å². The minimum atomic E-state index is -0.970. The van der Waals surface area contributed by atoms with Gasteiger partial charge in [-0.1, -0.05) is 11.6 Å². The van der Waals surface area contributed by atoms with Gasteiger partial charge in [0.25, 0.3) is 0 Å². The van der Waals surface area contributed by atoms with E-state index in [1.54, 1.807) is 12.1 Å². The molecule has 2 amide bonds. The highest BCUT2D eigenvalue weighted by Gasteiger charge is 2.43. The number of carbonyl (C=O) groups excluding carboxylic acids is 2. The summed E-state index contributed by atoms with van der Waals surface area (Å²) in [5, 5.41) is 1.57. The summed E-state index contributed by atoms with van der Waals surface area (Å²) in [4.78, 5) is 23.2. The first-order valence-electron chi connectivity index (χ1n) is 4.99. The van der Waals surface area contributed by atoms with Gasteiger partial charge in [0.1, 0.15) is 16.4 Å². The Hall–Kier alpha value is -1.24. The minimum absolute atomic E-state index is 0.357. The summed E-state index contributed by atoms with van der Waals surface area (Å²) in [5.41, 5.74) is 1.62. The number of nitrogens with zero attached hydrogens (tertiary/aromatic N) is 2. The number of amides is 2. The SMILES string of the molecule is O=C1NC(=O)C(c2c(Cl)ccc3nsnc23)C1Cl. The van der Waals surface area contributed by atoms with E-state index in [0.717, 1.165) is 11.7 Å². The van der Waals surface area contributed by atoms with E-state index in [2.05, 4.69) is 14.1 Å². The van der Waals surface area contributed by atoms with Crippen LogP contribution in [-0.4, -0.2) is 25.9 Å². The second-order valence-electron chi connectivity index (χ2n) is 3.83. The predicted molar refractivity (Wildman–Crippen MR) is 68.0 cm³/mol. The second kappa shape index (κ2) is 4.15. The fourth-order valence-electron chi connectivity index (χ4n) is 1.97. The first-order chi connectivity index (χ1) is 8.59. The van der Waals surface area contributed by atoms with Crippen LogP contribution in [0, 0.1) is 0 Å². The maximum Gasteiger partial charge on any atom is 0.245 e. The van der Waals surface area contributed by atoms with Crippen molar-refractivity contribution in [2.75, 3.05) is 0 Å². The molecule has 1 aromatic carbocycles. The molecular weight excluding hydrogens is 297 g/mol. The maximum atomic E-state index is 11.8. The van der Waals surface area contributed by atoms with Crippen LogP contribution in [0.15, 0.2) is 12.1 Å². The highest BCUT2D eigenvalue weighted by molar-refractivity contribution is 7.00. The standard InChI is InChI=1S/C10H5Cl2N3O2S/c11-3-1-2-4-8(15-18-14-4)5(3)6-7(12)10(17)13-9(6)16/h1-2,6-7H,(H,13,16,17). The van der Waals surface area contributed by atoms with Gasteiger partial charge in [-0.2, -0.15) is 8.75 Å². The van der Waals surface area contributed by atoms with Crippen molar-refractivity contribution in [2.24, 2.45) is 0 Å². The fraction of sp³-hybridized carbons (Fsp3) is 0.200. The zero-order valence-electron chi connectivity index (χ0n) is 8.68. The molecule has 2 unspecified atom stereocenters. The van der Waals surface area contributed by atoms with Crippen LogP contribution < -0.4 is 5.32 Å². The van der Waals surface area contributed by atoms with Crippen molar-refractivity contribution in [3.05, 3.63) is 22.7 Å². The van der Waals surface area contributed by atoms with Gasteiger partial charge >= 0.3 is 0 Å². The lowest BCUT2D eigenvalue weighted by Crippen LogP contribution is -2.22. The van der Waals surface area contributed by atoms with Crippen LogP contribution in [0.2, 0.25) is 5.02 Å². The Bertz CT molecular complexity index is 672. The maximum absolute atomic E-state index is 11.8. The molecule has 1 aromatic heterocycles. The lowest BCUT2D eigenvalue weighted by Gasteiger charge is -2.12. The summed E-state index contributed by atoms with van der Waals surface area (Å²) in [7, 11) is 0. The molecule has 0 bridgehead atoms. The summed E-state index contributed by atoms with van der Waals surface area (Å²) < 4.78 is 8.19. The molecule has 0 saturated carbocycles. The van der Waals surface area contributed by atoms with Gasteiger partial charge < -0.3 is 0 Å². The van der Waals surface area contributed by atoms with E-state index in [-0.39, 0.29) is 0 Å². The minimum Gasteiger partial charge on any atom is -0.295 e. The Morgan fingerprint density at radius 2 is 2.00 bits per heavy atom. The van der Waals surface area contributed by atoms with E-state index >= 15 is 0 Å². The van der Waals surface area contributed by atoms with E-state index in [1.165, 1.54) is 0 Å². The first kappa shape index (κ1) is 11.8. The molecule has 8 heteroatoms. The topological polar surface area (TPSA) is 72.0 Å². The number of carbonyl (C=O) groups is 2. The number of benzene rings is 1. The highest BCUT2D eigenvalue weighted by Crippen LogP contribution is 2.37. The Morgan fingerprint density at radius 3 is 2.67 bits per heavy atom. The molecule has 1 aliphatic heterocycles. The van der Waals surface area contributed by atoms with Gasteiger partial charge in [-0.25, -0.2) is 0 Å². The van der Waals surface area contributed by atoms with Gasteiger partial charge in [0.05, 0.1) is 17.6 Å². The zero-order chi connectivity index (χ0) is 12.9. The third kappa shape index (κ3) is 1.60. The van der Waals surface area contributed by atoms with Gasteiger partial charge in [0, 0.05) is 10.6 Å². The van der Waals surface area contributed by atoms with Crippen LogP contribution in [-0.2, 0) is 9.59 Å². The summed E-state index contributed by atoms with van der Waals surface area (Å²) in [5.74, 6) is -1.79. The molecule has 18 heavy (non-hydrogen) atoms. The molecule has 92 valence electrons. The largest absolute Gasteiger partial charge is 0.295 e. The average Bonchev–Trinajstić information content (AvgIpc) is 2.88. The van der Waals surface area contributed by atoms with Gasteiger partial charge in [-0.3, -0.25) is 14.9 Å². The molecule has 0 radical (unpaired) electrons. The van der Waals surface area contributed by atoms with Gasteiger partial charge in [-0.15, -0.1) is 11.6 Å². The Kier molecular flexibility index (Phi) is 2.73. The van der Waals surface area contributed by atoms with Crippen LogP contribution >= 0.6 is 34.9 Å². The summed E-state index contributed by atoms with van der Waals surface area (Å²) >= 11 is 13.1. The molecule has 2 aromatic rings. The molecule has 2 heterocycles. The Morgan fingerprint density at radius 1 is 1.22 bits per heavy atom. The summed E-state index contributed by atoms with van der Waals surface area (Å²) in [6, 6.07) is 3.34. The van der Waals surface area contributed by atoms with Gasteiger partial charge in [0.15, 0.2) is 0 Å². The smallest absolute Gasteiger partial charge is 0.245 e. The van der Waals surface area contributed by atoms with Crippen LogP contribution in [0.25, 0.3) is 11.0 Å². The lowest BCUT2D eigenvalue weighted by atomic mass is 9.95. The molecule has 1 fully saturated rings. The van der Waals surface area contributed by atoms with Crippen LogP contribution in [0.4, 0.5) is 0 Å². The zero-order valence-corrected chi connectivity index (χ0v) is 11.0. The monoisotopic (exact) mass is 301 g/mol. The third-order valence-electron chi connectivity index (χ3n) is 2.80. The Balaban J connectivity index is 2.25. The molecular formula is C10H5Cl2N3O2S. The van der Waals surface area contributed by atoms with E-state index in [0.29, 0.717) is 21.6 Å². The van der Waals surface area contributed by atoms with Gasteiger partial charge in [-0.05, 0) is 12.1 Å². The van der Waals surface area contributed by atoms with E-state index in [4.69, 9.17) is 23.2 Å². The number of fused-ring (bicyclic) bond motifs is 1. The number of aromatic nitrogens is 2. The third-order valence-corrected chi connectivity index (χ3v) is 4.12. The normalized spacial score (nSPS) is 23.7. The number of hydrogen-bond acceptors (Lipinski definition) is 5. The van der Waals surface area contributed by atoms with E-state index in [1.807, 2.05) is 0 Å². The van der Waals surface area contributed by atoms with Crippen molar-refractivity contribution in [3.8, 4) is 0 Å². The summed E-state index contributed by atoms with van der Waals surface area (Å²) in [6.07, 6.45) is 0. The molecule has 1 saturated heterocycles. The molecule has 0 aliphatic carbocycles. The van der Waals surface area contributed by atoms with E-state index in [9.17, 15) is 9.59 Å². The molecule has 1 N–H and O–H groups in total. The van der Waals surface area contributed by atoms with Crippen molar-refractivity contribution in [3.63, 3.8) is 0 Å². The quantitative estimate of drug-likeness (QED) is 0.643. The molecule has 5 nitrogen and oxygen atoms in total. The number of imide groups is 1. The molecule has 2 atom stereocenters. The lowest BCUT2D eigenvalue weighted by molar-refractivity contribution is -0.125. The molecule has 3 rings (SSSR count). The highest BCUT2D eigenvalue weighted by atomic mass is 35.5. The average molecular weight is 302 g/mol. The predicted octanol–water partition coefficient (Wildman–Crippen LogP) is 1.69. The van der Waals surface area contributed by atoms with Crippen molar-refractivity contribution in [1.29, 1.82) is 0 Å². The van der Waals surface area contributed by atoms with Gasteiger partial charge in [0.2, 0.25) is 11.8 Å². The van der Waals surface area contributed by atoms with Crippen LogP contribution in [0.3, 0.4) is 0 Å². The number of rotatable bonds is 1. The van der Waals surface area contributed by atoms with Crippen LogP contribution in [0.5, 0.6) is 0 Å². The van der Waals surface area contributed by atoms with Crippen molar-refractivity contribution in [2.45, 2.75) is 11.3 Å². The Labute approximate surface area is 115 Å². The van der Waals surface area contributed by atoms with Crippen molar-refractivity contribution < 1.29 is 9.59 Å². The molecule has 1 aliphatic rings. The number of halogens is 2.